The SMILES string of the molecule is Fc1ccc(OCCc2cc(C3CCN(CCc4ccccc4)C3)n[nH]2)cc1. The van der Waals surface area contributed by atoms with Crippen molar-refractivity contribution in [1.29, 1.82) is 0 Å². The van der Waals surface area contributed by atoms with Gasteiger partial charge in [-0.25, -0.2) is 4.39 Å². The highest BCUT2D eigenvalue weighted by molar-refractivity contribution is 5.22. The van der Waals surface area contributed by atoms with Gasteiger partial charge in [0.1, 0.15) is 11.6 Å². The Morgan fingerprint density at radius 3 is 2.71 bits per heavy atom. The van der Waals surface area contributed by atoms with E-state index in [0.717, 1.165) is 50.3 Å². The topological polar surface area (TPSA) is 41.1 Å². The highest BCUT2D eigenvalue weighted by atomic mass is 19.1. The zero-order valence-corrected chi connectivity index (χ0v) is 16.0. The zero-order valence-electron chi connectivity index (χ0n) is 16.0. The van der Waals surface area contributed by atoms with E-state index < -0.39 is 0 Å². The molecule has 0 bridgehead atoms. The fraction of sp³-hybridized carbons (Fsp3) is 0.348. The van der Waals surface area contributed by atoms with Crippen molar-refractivity contribution in [3.63, 3.8) is 0 Å². The number of hydrogen-bond acceptors (Lipinski definition) is 3. The van der Waals surface area contributed by atoms with Crippen LogP contribution >= 0.6 is 0 Å². The van der Waals surface area contributed by atoms with E-state index in [9.17, 15) is 4.39 Å². The van der Waals surface area contributed by atoms with E-state index in [1.165, 1.54) is 17.7 Å². The van der Waals surface area contributed by atoms with Crippen LogP contribution in [0.2, 0.25) is 0 Å². The van der Waals surface area contributed by atoms with Gasteiger partial charge in [0.2, 0.25) is 0 Å². The third kappa shape index (κ3) is 4.98. The van der Waals surface area contributed by atoms with Gasteiger partial charge in [-0.05, 0) is 55.3 Å². The molecule has 28 heavy (non-hydrogen) atoms. The van der Waals surface area contributed by atoms with E-state index in [0.29, 0.717) is 18.3 Å². The molecular formula is C23H26FN3O. The second kappa shape index (κ2) is 9.02. The molecule has 0 aliphatic carbocycles. The number of nitrogens with one attached hydrogen (secondary N) is 1. The van der Waals surface area contributed by atoms with Gasteiger partial charge in [0.15, 0.2) is 0 Å². The summed E-state index contributed by atoms with van der Waals surface area (Å²) in [6, 6.07) is 18.9. The van der Waals surface area contributed by atoms with Gasteiger partial charge >= 0.3 is 0 Å². The number of nitrogens with zero attached hydrogens (tertiary/aromatic N) is 2. The molecule has 0 amide bonds. The normalized spacial score (nSPS) is 17.1. The lowest BCUT2D eigenvalue weighted by atomic mass is 10.0. The summed E-state index contributed by atoms with van der Waals surface area (Å²) in [5.41, 5.74) is 3.63. The van der Waals surface area contributed by atoms with E-state index in [1.807, 2.05) is 0 Å². The van der Waals surface area contributed by atoms with E-state index >= 15 is 0 Å². The van der Waals surface area contributed by atoms with Crippen molar-refractivity contribution in [3.05, 3.63) is 83.4 Å². The maximum atomic E-state index is 12.9. The van der Waals surface area contributed by atoms with Gasteiger partial charge in [-0.2, -0.15) is 5.10 Å². The summed E-state index contributed by atoms with van der Waals surface area (Å²) < 4.78 is 18.6. The van der Waals surface area contributed by atoms with Crippen molar-refractivity contribution in [2.75, 3.05) is 26.2 Å². The molecule has 1 unspecified atom stereocenters. The molecule has 1 N–H and O–H groups in total. The van der Waals surface area contributed by atoms with Crippen molar-refractivity contribution in [3.8, 4) is 5.75 Å². The van der Waals surface area contributed by atoms with Gasteiger partial charge < -0.3 is 9.64 Å². The molecule has 1 saturated heterocycles. The first-order valence-corrected chi connectivity index (χ1v) is 9.95. The van der Waals surface area contributed by atoms with Gasteiger partial charge in [0, 0.05) is 31.1 Å². The number of ether oxygens (including phenoxy) is 1. The predicted molar refractivity (Wildman–Crippen MR) is 108 cm³/mol. The molecule has 0 spiro atoms. The van der Waals surface area contributed by atoms with Crippen molar-refractivity contribution < 1.29 is 9.13 Å². The van der Waals surface area contributed by atoms with Crippen molar-refractivity contribution in [2.45, 2.75) is 25.2 Å². The quantitative estimate of drug-likeness (QED) is 0.638. The van der Waals surface area contributed by atoms with Gasteiger partial charge in [-0.1, -0.05) is 30.3 Å². The van der Waals surface area contributed by atoms with Crippen LogP contribution in [0.4, 0.5) is 4.39 Å². The van der Waals surface area contributed by atoms with E-state index in [-0.39, 0.29) is 5.82 Å². The van der Waals surface area contributed by atoms with Crippen LogP contribution in [-0.4, -0.2) is 41.3 Å². The molecule has 2 aromatic carbocycles. The molecule has 3 aromatic rings. The van der Waals surface area contributed by atoms with Gasteiger partial charge in [-0.3, -0.25) is 5.10 Å². The molecule has 1 atom stereocenters. The minimum absolute atomic E-state index is 0.250. The summed E-state index contributed by atoms with van der Waals surface area (Å²) >= 11 is 0. The molecule has 1 aliphatic rings. The van der Waals surface area contributed by atoms with Crippen molar-refractivity contribution >= 4 is 0 Å². The number of H-pyrrole nitrogens is 1. The molecule has 2 heterocycles. The van der Waals surface area contributed by atoms with Gasteiger partial charge in [-0.15, -0.1) is 0 Å². The Morgan fingerprint density at radius 2 is 1.89 bits per heavy atom. The summed E-state index contributed by atoms with van der Waals surface area (Å²) in [6.45, 7) is 3.85. The number of benzene rings is 2. The monoisotopic (exact) mass is 379 g/mol. The standard InChI is InChI=1S/C23H26FN3O/c24-20-6-8-22(9-7-20)28-15-12-21-16-23(26-25-21)19-11-14-27(17-19)13-10-18-4-2-1-3-5-18/h1-9,16,19H,10-15,17H2,(H,25,26). The Labute approximate surface area is 165 Å². The Hall–Kier alpha value is -2.66. The second-order valence-corrected chi connectivity index (χ2v) is 7.39. The Bertz CT molecular complexity index is 863. The molecule has 1 aliphatic heterocycles. The Balaban J connectivity index is 1.22. The average Bonchev–Trinajstić information content (AvgIpc) is 3.38. The lowest BCUT2D eigenvalue weighted by Gasteiger charge is -2.15. The fourth-order valence-corrected chi connectivity index (χ4v) is 3.74. The zero-order chi connectivity index (χ0) is 19.2. The van der Waals surface area contributed by atoms with Crippen LogP contribution < -0.4 is 4.74 Å². The summed E-state index contributed by atoms with van der Waals surface area (Å²) in [5, 5.41) is 7.67. The molecule has 1 fully saturated rings. The van der Waals surface area contributed by atoms with Crippen LogP contribution in [0, 0.1) is 5.82 Å². The molecule has 0 radical (unpaired) electrons. The van der Waals surface area contributed by atoms with Crippen LogP contribution in [0.25, 0.3) is 0 Å². The maximum Gasteiger partial charge on any atom is 0.123 e. The van der Waals surface area contributed by atoms with E-state index in [2.05, 4.69) is 51.5 Å². The highest BCUT2D eigenvalue weighted by Crippen LogP contribution is 2.26. The Morgan fingerprint density at radius 1 is 1.07 bits per heavy atom. The molecule has 4 nitrogen and oxygen atoms in total. The van der Waals surface area contributed by atoms with E-state index in [4.69, 9.17) is 4.74 Å². The van der Waals surface area contributed by atoms with Crippen molar-refractivity contribution in [2.24, 2.45) is 0 Å². The second-order valence-electron chi connectivity index (χ2n) is 7.39. The molecule has 146 valence electrons. The number of halogens is 1. The predicted octanol–water partition coefficient (Wildman–Crippen LogP) is 4.20. The fourth-order valence-electron chi connectivity index (χ4n) is 3.74. The third-order valence-corrected chi connectivity index (χ3v) is 5.35. The maximum absolute atomic E-state index is 12.9. The summed E-state index contributed by atoms with van der Waals surface area (Å²) in [4.78, 5) is 2.53. The number of aromatic nitrogens is 2. The van der Waals surface area contributed by atoms with E-state index in [1.54, 1.807) is 12.1 Å². The third-order valence-electron chi connectivity index (χ3n) is 5.35. The average molecular weight is 379 g/mol. The first-order chi connectivity index (χ1) is 13.8. The number of hydrogen-bond donors (Lipinski definition) is 1. The van der Waals surface area contributed by atoms with Gasteiger partial charge in [0.05, 0.1) is 12.3 Å². The molecule has 1 aromatic heterocycles. The molecular weight excluding hydrogens is 353 g/mol. The van der Waals surface area contributed by atoms with Gasteiger partial charge in [0.25, 0.3) is 0 Å². The summed E-state index contributed by atoms with van der Waals surface area (Å²) in [5.74, 6) is 0.935. The Kier molecular flexibility index (Phi) is 6.02. The number of likely N-dealkylation sites (tertiary alicyclic amines) is 1. The van der Waals surface area contributed by atoms with Crippen LogP contribution in [-0.2, 0) is 12.8 Å². The minimum atomic E-state index is -0.250. The van der Waals surface area contributed by atoms with Crippen LogP contribution in [0.15, 0.2) is 60.7 Å². The molecule has 4 rings (SSSR count). The lowest BCUT2D eigenvalue weighted by Crippen LogP contribution is -2.23. The largest absolute Gasteiger partial charge is 0.493 e. The first kappa shape index (κ1) is 18.7. The number of aromatic amines is 1. The molecule has 5 heteroatoms. The lowest BCUT2D eigenvalue weighted by molar-refractivity contribution is 0.320. The summed E-state index contributed by atoms with van der Waals surface area (Å²) in [7, 11) is 0. The summed E-state index contributed by atoms with van der Waals surface area (Å²) in [6.07, 6.45) is 3.01. The van der Waals surface area contributed by atoms with Crippen LogP contribution in [0.3, 0.4) is 0 Å². The first-order valence-electron chi connectivity index (χ1n) is 9.95. The van der Waals surface area contributed by atoms with Crippen LogP contribution in [0.5, 0.6) is 5.75 Å². The van der Waals surface area contributed by atoms with Crippen molar-refractivity contribution in [1.82, 2.24) is 15.1 Å². The van der Waals surface area contributed by atoms with Crippen LogP contribution in [0.1, 0.15) is 29.3 Å². The molecule has 0 saturated carbocycles. The highest BCUT2D eigenvalue weighted by Gasteiger charge is 2.25. The minimum Gasteiger partial charge on any atom is -0.493 e. The smallest absolute Gasteiger partial charge is 0.123 e. The number of rotatable bonds is 8.